The van der Waals surface area contributed by atoms with Crippen LogP contribution in [0.2, 0.25) is 0 Å². The molecule has 0 radical (unpaired) electrons. The van der Waals surface area contributed by atoms with Gasteiger partial charge in [0.05, 0.1) is 25.3 Å². The highest BCUT2D eigenvalue weighted by atomic mass is 19.1. The SMILES string of the molecule is C=CCn1nc(C(=O)NC2CC3COCC(C2)N3Cc2ccc(F)cc2)c2ccccc21. The van der Waals surface area contributed by atoms with Gasteiger partial charge in [-0.1, -0.05) is 36.4 Å². The van der Waals surface area contributed by atoms with Crippen LogP contribution in [0, 0.1) is 5.82 Å². The van der Waals surface area contributed by atoms with Gasteiger partial charge in [0.1, 0.15) is 5.82 Å². The van der Waals surface area contributed by atoms with E-state index >= 15 is 0 Å². The number of rotatable bonds is 6. The van der Waals surface area contributed by atoms with Crippen molar-refractivity contribution >= 4 is 16.8 Å². The molecule has 2 aliphatic rings. The van der Waals surface area contributed by atoms with Gasteiger partial charge < -0.3 is 10.1 Å². The second kappa shape index (κ2) is 8.84. The van der Waals surface area contributed by atoms with E-state index in [2.05, 4.69) is 21.9 Å². The molecule has 2 fully saturated rings. The second-order valence-corrected chi connectivity index (χ2v) is 8.62. The molecule has 3 aromatic rings. The van der Waals surface area contributed by atoms with E-state index in [1.807, 2.05) is 41.1 Å². The predicted molar refractivity (Wildman–Crippen MR) is 121 cm³/mol. The topological polar surface area (TPSA) is 59.4 Å². The Bertz CT molecular complexity index is 1110. The van der Waals surface area contributed by atoms with Crippen LogP contribution in [-0.2, 0) is 17.8 Å². The van der Waals surface area contributed by atoms with Gasteiger partial charge in [-0.25, -0.2) is 4.39 Å². The molecule has 1 aromatic heterocycles. The lowest BCUT2D eigenvalue weighted by Crippen LogP contribution is -2.60. The number of hydrogen-bond donors (Lipinski definition) is 1. The van der Waals surface area contributed by atoms with Crippen molar-refractivity contribution in [2.45, 2.75) is 44.1 Å². The summed E-state index contributed by atoms with van der Waals surface area (Å²) >= 11 is 0. The van der Waals surface area contributed by atoms with Gasteiger partial charge in [-0.05, 0) is 36.6 Å². The summed E-state index contributed by atoms with van der Waals surface area (Å²) < 4.78 is 20.9. The number of ether oxygens (including phenoxy) is 1. The second-order valence-electron chi connectivity index (χ2n) is 8.62. The number of carbonyl (C=O) groups excluding carboxylic acids is 1. The Morgan fingerprint density at radius 2 is 1.88 bits per heavy atom. The molecule has 6 nitrogen and oxygen atoms in total. The Balaban J connectivity index is 1.30. The molecule has 32 heavy (non-hydrogen) atoms. The molecule has 1 amide bonds. The molecule has 2 bridgehead atoms. The fourth-order valence-corrected chi connectivity index (χ4v) is 4.98. The van der Waals surface area contributed by atoms with Crippen molar-refractivity contribution < 1.29 is 13.9 Å². The van der Waals surface area contributed by atoms with E-state index in [0.717, 1.165) is 35.9 Å². The standard InChI is InChI=1S/C25H27FN4O2/c1-2-11-30-23-6-4-3-5-22(23)24(28-30)25(31)27-19-12-20-15-32-16-21(13-19)29(20)14-17-7-9-18(26)10-8-17/h2-10,19-21H,1,11-16H2,(H,27,31). The van der Waals surface area contributed by atoms with E-state index < -0.39 is 0 Å². The minimum absolute atomic E-state index is 0.0641. The Hall–Kier alpha value is -3.03. The molecule has 0 aliphatic carbocycles. The lowest BCUT2D eigenvalue weighted by atomic mass is 9.89. The third-order valence-corrected chi connectivity index (χ3v) is 6.46. The monoisotopic (exact) mass is 434 g/mol. The molecule has 2 aliphatic heterocycles. The molecule has 0 saturated carbocycles. The van der Waals surface area contributed by atoms with Gasteiger partial charge in [-0.15, -0.1) is 6.58 Å². The summed E-state index contributed by atoms with van der Waals surface area (Å²) in [5.41, 5.74) is 2.47. The van der Waals surface area contributed by atoms with Crippen LogP contribution < -0.4 is 5.32 Å². The number of nitrogens with one attached hydrogen (secondary N) is 1. The van der Waals surface area contributed by atoms with Crippen LogP contribution in [-0.4, -0.2) is 51.9 Å². The van der Waals surface area contributed by atoms with Crippen LogP contribution in [0.1, 0.15) is 28.9 Å². The summed E-state index contributed by atoms with van der Waals surface area (Å²) in [6, 6.07) is 15.0. The molecule has 3 heterocycles. The van der Waals surface area contributed by atoms with E-state index in [9.17, 15) is 9.18 Å². The summed E-state index contributed by atoms with van der Waals surface area (Å²) in [6.07, 6.45) is 3.41. The number of hydrogen-bond acceptors (Lipinski definition) is 4. The average molecular weight is 435 g/mol. The third-order valence-electron chi connectivity index (χ3n) is 6.46. The lowest BCUT2D eigenvalue weighted by molar-refractivity contribution is -0.0843. The zero-order valence-corrected chi connectivity index (χ0v) is 17.9. The van der Waals surface area contributed by atoms with Gasteiger partial charge in [-0.3, -0.25) is 14.4 Å². The Morgan fingerprint density at radius 3 is 2.59 bits per heavy atom. The van der Waals surface area contributed by atoms with Crippen LogP contribution in [0.25, 0.3) is 10.9 Å². The van der Waals surface area contributed by atoms with E-state index in [0.29, 0.717) is 25.5 Å². The number of aromatic nitrogens is 2. The molecule has 2 aromatic carbocycles. The van der Waals surface area contributed by atoms with E-state index in [-0.39, 0.29) is 29.8 Å². The number of piperidine rings is 1. The number of morpholine rings is 1. The minimum Gasteiger partial charge on any atom is -0.378 e. The highest BCUT2D eigenvalue weighted by Gasteiger charge is 2.39. The first kappa shape index (κ1) is 20.8. The highest BCUT2D eigenvalue weighted by Crippen LogP contribution is 2.30. The van der Waals surface area contributed by atoms with Crippen molar-refractivity contribution in [2.24, 2.45) is 0 Å². The number of nitrogens with zero attached hydrogens (tertiary/aromatic N) is 3. The molecule has 0 spiro atoms. The number of carbonyl (C=O) groups is 1. The number of para-hydroxylation sites is 1. The molecular formula is C25H27FN4O2. The third kappa shape index (κ3) is 4.06. The van der Waals surface area contributed by atoms with E-state index in [4.69, 9.17) is 4.74 Å². The number of benzene rings is 2. The molecule has 1 N–H and O–H groups in total. The van der Waals surface area contributed by atoms with Gasteiger partial charge in [0.25, 0.3) is 5.91 Å². The van der Waals surface area contributed by atoms with Gasteiger partial charge in [-0.2, -0.15) is 5.10 Å². The summed E-state index contributed by atoms with van der Waals surface area (Å²) in [5, 5.41) is 8.64. The van der Waals surface area contributed by atoms with Crippen LogP contribution >= 0.6 is 0 Å². The zero-order chi connectivity index (χ0) is 22.1. The summed E-state index contributed by atoms with van der Waals surface area (Å²) in [4.78, 5) is 15.6. The quantitative estimate of drug-likeness (QED) is 0.603. The van der Waals surface area contributed by atoms with Crippen molar-refractivity contribution in [3.05, 3.63) is 78.3 Å². The van der Waals surface area contributed by atoms with Gasteiger partial charge in [0.2, 0.25) is 0 Å². The largest absolute Gasteiger partial charge is 0.378 e. The molecule has 5 rings (SSSR count). The Labute approximate surface area is 186 Å². The van der Waals surface area contributed by atoms with Crippen molar-refractivity contribution in [1.29, 1.82) is 0 Å². The maximum Gasteiger partial charge on any atom is 0.272 e. The fourth-order valence-electron chi connectivity index (χ4n) is 4.98. The number of halogens is 1. The molecule has 2 saturated heterocycles. The molecule has 2 atom stereocenters. The normalized spacial score (nSPS) is 23.2. The summed E-state index contributed by atoms with van der Waals surface area (Å²) in [7, 11) is 0. The van der Waals surface area contributed by atoms with Gasteiger partial charge in [0, 0.05) is 30.1 Å². The number of allylic oxidation sites excluding steroid dienone is 1. The number of fused-ring (bicyclic) bond motifs is 3. The Morgan fingerprint density at radius 1 is 1.16 bits per heavy atom. The van der Waals surface area contributed by atoms with E-state index in [1.165, 1.54) is 12.1 Å². The summed E-state index contributed by atoms with van der Waals surface area (Å²) in [5.74, 6) is -0.359. The summed E-state index contributed by atoms with van der Waals surface area (Å²) in [6.45, 7) is 6.38. The van der Waals surface area contributed by atoms with Gasteiger partial charge in [0.15, 0.2) is 5.69 Å². The van der Waals surface area contributed by atoms with Crippen molar-refractivity contribution in [3.8, 4) is 0 Å². The molecule has 7 heteroatoms. The average Bonchev–Trinajstić information content (AvgIpc) is 3.15. The number of amides is 1. The lowest BCUT2D eigenvalue weighted by Gasteiger charge is -2.48. The maximum absolute atomic E-state index is 13.3. The van der Waals surface area contributed by atoms with Crippen LogP contribution in [0.15, 0.2) is 61.2 Å². The molecule has 166 valence electrons. The van der Waals surface area contributed by atoms with E-state index in [1.54, 1.807) is 6.08 Å². The minimum atomic E-state index is -0.221. The fraction of sp³-hybridized carbons (Fsp3) is 0.360. The maximum atomic E-state index is 13.3. The van der Waals surface area contributed by atoms with Crippen LogP contribution in [0.3, 0.4) is 0 Å². The van der Waals surface area contributed by atoms with Crippen molar-refractivity contribution in [1.82, 2.24) is 20.0 Å². The molecular weight excluding hydrogens is 407 g/mol. The Kier molecular flexibility index (Phi) is 5.76. The smallest absolute Gasteiger partial charge is 0.272 e. The first-order chi connectivity index (χ1) is 15.6. The first-order valence-corrected chi connectivity index (χ1v) is 11.1. The zero-order valence-electron chi connectivity index (χ0n) is 17.9. The van der Waals surface area contributed by atoms with Crippen LogP contribution in [0.4, 0.5) is 4.39 Å². The first-order valence-electron chi connectivity index (χ1n) is 11.1. The molecule has 2 unspecified atom stereocenters. The van der Waals surface area contributed by atoms with Crippen molar-refractivity contribution in [2.75, 3.05) is 13.2 Å². The van der Waals surface area contributed by atoms with Crippen LogP contribution in [0.5, 0.6) is 0 Å². The van der Waals surface area contributed by atoms with Gasteiger partial charge >= 0.3 is 0 Å². The highest BCUT2D eigenvalue weighted by molar-refractivity contribution is 6.05. The predicted octanol–water partition coefficient (Wildman–Crippen LogP) is 3.52. The van der Waals surface area contributed by atoms with Crippen molar-refractivity contribution in [3.63, 3.8) is 0 Å².